The summed E-state index contributed by atoms with van der Waals surface area (Å²) < 4.78 is 0. The van der Waals surface area contributed by atoms with Crippen LogP contribution < -0.4 is 0 Å². The summed E-state index contributed by atoms with van der Waals surface area (Å²) in [4.78, 5) is 0. The highest BCUT2D eigenvalue weighted by atomic mass is 13.7. The molecule has 227 valence electrons. The summed E-state index contributed by atoms with van der Waals surface area (Å²) in [6.07, 6.45) is -50.6. The first kappa shape index (κ1) is 79.8. The number of hydrogen-bond donors (Lipinski definition) is 0. The molecule has 0 aromatic rings. The minimum atomic E-state index is -1.80. The van der Waals surface area contributed by atoms with E-state index in [1.807, 2.05) is 0 Å². The molecule has 74 heteroatoms. The van der Waals surface area contributed by atoms with Crippen LogP contribution in [0.5, 0.6) is 0 Å². The molecular weight excluding hydrogens is 812 g/mol. The molecule has 0 nitrogen and oxygen atoms in total. The molecule has 0 amide bonds. The van der Waals surface area contributed by atoms with Crippen LogP contribution in [0.15, 0.2) is 0 Å². The van der Waals surface area contributed by atoms with Gasteiger partial charge in [0.15, 0.2) is 0 Å². The van der Waals surface area contributed by atoms with Gasteiger partial charge in [0, 0.05) is 525 Å². The first-order valence-corrected chi connectivity index (χ1v) is 24.7. The van der Waals surface area contributed by atoms with E-state index >= 15 is 0 Å². The zero-order valence-corrected chi connectivity index (χ0v) is 43.3. The zero-order valence-electron chi connectivity index (χ0n) is 43.3. The number of hydrogen-bond acceptors (Lipinski definition) is 0. The van der Waals surface area contributed by atoms with E-state index in [1.165, 1.54) is 0 Å². The summed E-state index contributed by atoms with van der Waals surface area (Å²) in [6.45, 7) is -5.16. The molecule has 0 spiro atoms. The van der Waals surface area contributed by atoms with Crippen molar-refractivity contribution in [2.45, 2.75) is 5.62 Å². The summed E-state index contributed by atoms with van der Waals surface area (Å²) in [6, 6.07) is 0. The molecule has 0 saturated heterocycles. The van der Waals surface area contributed by atoms with Gasteiger partial charge in [-0.1, -0.05) is 0 Å². The highest BCUT2D eigenvalue weighted by Gasteiger charge is 2.64. The van der Waals surface area contributed by atoms with Gasteiger partial charge < -0.3 is 0 Å². The van der Waals surface area contributed by atoms with Crippen LogP contribution in [0.3, 0.4) is 0 Å². The first-order valence-electron chi connectivity index (χ1n) is 24.7. The van der Waals surface area contributed by atoms with Gasteiger partial charge in [-0.3, -0.25) is 0 Å². The van der Waals surface area contributed by atoms with Gasteiger partial charge in [-0.25, -0.2) is 0 Å². The Bertz CT molecular complexity index is 1250. The first-order chi connectivity index (χ1) is 34.1. The Balaban J connectivity index is 12.2. The average molecular weight is 813 g/mol. The predicted octanol–water partition coefficient (Wildman–Crippen LogP) is -27.8. The molecule has 75 heavy (non-hydrogen) atoms. The van der Waals surface area contributed by atoms with Crippen molar-refractivity contribution in [2.75, 3.05) is 0 Å². The Morgan fingerprint density at radius 3 is 0.413 bits per heavy atom. The van der Waals surface area contributed by atoms with E-state index in [9.17, 15) is 0 Å². The van der Waals surface area contributed by atoms with Gasteiger partial charge >= 0.3 is 0 Å². The number of rotatable bonds is 36. The van der Waals surface area contributed by atoms with Crippen LogP contribution in [-0.2, 0) is 0 Å². The van der Waals surface area contributed by atoms with Crippen LogP contribution in [0.4, 0.5) is 0 Å². The lowest BCUT2D eigenvalue weighted by Crippen LogP contribution is -2.94. The summed E-state index contributed by atoms with van der Waals surface area (Å²) in [5.41, 5.74) is -1.80. The van der Waals surface area contributed by atoms with Crippen molar-refractivity contribution < 1.29 is 0 Å². The minimum Gasteiger partial charge on any atom is -0.146 e. The molecular formula is CHB74. The minimum absolute atomic E-state index is 1.05. The molecule has 0 bridgehead atoms. The highest BCUT2D eigenvalue weighted by Crippen LogP contribution is 2.35. The summed E-state index contributed by atoms with van der Waals surface area (Å²) in [5, 5.41) is 0. The van der Waals surface area contributed by atoms with Crippen molar-refractivity contribution in [1.29, 1.82) is 0 Å². The lowest BCUT2D eigenvalue weighted by molar-refractivity contribution is 1.80. The van der Waals surface area contributed by atoms with Crippen molar-refractivity contribution in [3.63, 3.8) is 0 Å². The second kappa shape index (κ2) is 36.8. The lowest BCUT2D eigenvalue weighted by Gasteiger charge is -2.61. The van der Waals surface area contributed by atoms with E-state index < -0.39 is 229 Å². The highest BCUT2D eigenvalue weighted by molar-refractivity contribution is 8.29. The Morgan fingerprint density at radius 2 is 0.280 bits per heavy atom. The van der Waals surface area contributed by atoms with E-state index in [4.69, 9.17) is 294 Å². The molecule has 0 fully saturated rings. The van der Waals surface area contributed by atoms with Gasteiger partial charge in [-0.2, -0.15) is 0 Å². The van der Waals surface area contributed by atoms with Crippen molar-refractivity contribution in [3.05, 3.63) is 0 Å². The summed E-state index contributed by atoms with van der Waals surface area (Å²) in [7, 11) is 260. The van der Waals surface area contributed by atoms with Gasteiger partial charge in [-0.05, 0) is 0 Å². The Morgan fingerprint density at radius 1 is 0.160 bits per heavy atom. The van der Waals surface area contributed by atoms with Crippen molar-refractivity contribution in [1.82, 2.24) is 0 Å². The molecule has 0 heterocycles. The van der Waals surface area contributed by atoms with E-state index in [-0.39, 0.29) is 0 Å². The molecule has 0 aliphatic rings. The zero-order chi connectivity index (χ0) is 59.5. The molecule has 0 N–H and O–H groups in total. The third-order valence-electron chi connectivity index (χ3n) is 15.8. The van der Waals surface area contributed by atoms with Gasteiger partial charge in [0.1, 0.15) is 0 Å². The second-order valence-corrected chi connectivity index (χ2v) is 21.0. The maximum atomic E-state index is 7.27. The van der Waals surface area contributed by atoms with Gasteiger partial charge in [0.05, 0.1) is 0 Å². The standard InChI is InChI=1S/CHB74/c2-40-62(39)65(69(48(11)12)49(13)14)42(66(70(50(15)16)51(17)18)71(52(19)20)53(21)22)1(41(63(44(3)4)45(5)6)64(46(7)8)47(9)10)43(67(72(54(23)24)55(25)26)73(56(27)28)57(29)30)68(74(58(31)32)59(33)34)75(60(35)36)61(37)38/h1H. The SMILES string of the molecule is [B][B]B([B])B(B(B([B])[B])B([B])[B])B(B(B(B([B])[B])B([B])[B])B(B([B])[B])B([B])[B])C(B(B(B([B])[B])B([B])[B])B(B([B])[B])B([B])[B])B(B(B(B([B])[B])B([B])[B])B(B([B])[B])B([B])[B])B(B(B([B])[B])B([B])[B])B(B([B])[B])B([B])[B]. The molecule has 77 radical (unpaired) electrons. The van der Waals surface area contributed by atoms with Crippen molar-refractivity contribution in [2.24, 2.45) is 0 Å². The van der Waals surface area contributed by atoms with Crippen LogP contribution in [0.1, 0.15) is 0 Å². The van der Waals surface area contributed by atoms with E-state index in [0.29, 0.717) is 0 Å². The van der Waals surface area contributed by atoms with Crippen molar-refractivity contribution in [3.8, 4) is 0 Å². The maximum absolute atomic E-state index is 7.27. The fourth-order valence-corrected chi connectivity index (χ4v) is 13.2. The third-order valence-corrected chi connectivity index (χ3v) is 15.8. The van der Waals surface area contributed by atoms with E-state index in [2.05, 4.69) is 0 Å². The molecule has 0 aromatic carbocycles. The molecule has 0 rings (SSSR count). The fourth-order valence-electron chi connectivity index (χ4n) is 13.2. The van der Waals surface area contributed by atoms with Crippen LogP contribution in [-0.4, -0.2) is 525 Å². The van der Waals surface area contributed by atoms with Crippen molar-refractivity contribution >= 4 is 525 Å². The van der Waals surface area contributed by atoms with Crippen LogP contribution in [0, 0.1) is 0 Å². The average Bonchev–Trinajstić information content (AvgIpc) is 3.19. The molecule has 0 saturated carbocycles. The van der Waals surface area contributed by atoms with Gasteiger partial charge in [-0.15, -0.1) is 5.62 Å². The lowest BCUT2D eigenvalue weighted by atomic mass is 8.29. The van der Waals surface area contributed by atoms with Crippen LogP contribution in [0.2, 0.25) is 5.62 Å². The van der Waals surface area contributed by atoms with E-state index in [1.54, 1.807) is 0 Å². The fraction of sp³-hybridized carbons (Fsp3) is 1.00. The molecule has 1 atom stereocenters. The predicted molar refractivity (Wildman–Crippen MR) is 430 cm³/mol. The van der Waals surface area contributed by atoms with Gasteiger partial charge in [0.25, 0.3) is 0 Å². The van der Waals surface area contributed by atoms with Crippen LogP contribution >= 0.6 is 0 Å². The quantitative estimate of drug-likeness (QED) is 0.0553. The molecule has 0 aromatic heterocycles. The molecule has 0 aliphatic carbocycles. The normalized spacial score (nSPS) is 10.2. The third kappa shape index (κ3) is 21.6. The van der Waals surface area contributed by atoms with E-state index in [0.717, 1.165) is 7.06 Å². The Hall–Kier alpha value is 4.81. The monoisotopic (exact) mass is 828 g/mol. The van der Waals surface area contributed by atoms with Gasteiger partial charge in [0.2, 0.25) is 0 Å². The molecule has 1 unspecified atom stereocenters. The summed E-state index contributed by atoms with van der Waals surface area (Å²) >= 11 is 0. The Kier molecular flexibility index (Phi) is 39.2. The largest absolute Gasteiger partial charge is 0.146 e. The van der Waals surface area contributed by atoms with Crippen LogP contribution in [0.25, 0.3) is 0 Å². The maximum Gasteiger partial charge on any atom is 0.0294 e. The Labute approximate surface area is 525 Å². The topological polar surface area (TPSA) is 0 Å². The smallest absolute Gasteiger partial charge is 0.0294 e. The second-order valence-electron chi connectivity index (χ2n) is 21.0. The molecule has 0 aliphatic heterocycles. The summed E-state index contributed by atoms with van der Waals surface area (Å²) in [5.74, 6) is 0.